The van der Waals surface area contributed by atoms with E-state index in [1.807, 2.05) is 38.1 Å². The molecular formula is C20H20N4O4S2. The summed E-state index contributed by atoms with van der Waals surface area (Å²) >= 11 is 1.04. The maximum absolute atomic E-state index is 12.7. The largest absolute Gasteiger partial charge is 0.338 e. The lowest BCUT2D eigenvalue weighted by Crippen LogP contribution is -2.23. The standard InChI is InChI=1S/C20H20N4O4S2/c1-3-10-24-16-9-8-14(11-17(16)29-20(24)25)30(26,27)21-12-18-22-19(23-28-18)15-7-5-4-6-13(15)2/h4-9,11,21H,3,10,12H2,1-2H3. The molecule has 2 aromatic heterocycles. The molecule has 0 unspecified atom stereocenters. The first-order valence-electron chi connectivity index (χ1n) is 9.40. The van der Waals surface area contributed by atoms with Crippen molar-refractivity contribution in [1.29, 1.82) is 0 Å². The maximum atomic E-state index is 12.7. The molecule has 4 aromatic rings. The number of hydrogen-bond donors (Lipinski definition) is 1. The van der Waals surface area contributed by atoms with E-state index in [0.29, 0.717) is 17.1 Å². The molecule has 0 saturated heterocycles. The lowest BCUT2D eigenvalue weighted by molar-refractivity contribution is 0.376. The summed E-state index contributed by atoms with van der Waals surface area (Å²) in [7, 11) is -3.81. The van der Waals surface area contributed by atoms with Crippen LogP contribution >= 0.6 is 11.3 Å². The lowest BCUT2D eigenvalue weighted by atomic mass is 10.1. The van der Waals surface area contributed by atoms with Crippen molar-refractivity contribution >= 4 is 31.6 Å². The van der Waals surface area contributed by atoms with Gasteiger partial charge in [0.05, 0.1) is 21.7 Å². The van der Waals surface area contributed by atoms with Crippen LogP contribution in [0.15, 0.2) is 56.7 Å². The molecule has 10 heteroatoms. The molecular weight excluding hydrogens is 424 g/mol. The molecule has 156 valence electrons. The second-order valence-corrected chi connectivity index (χ2v) is 9.56. The van der Waals surface area contributed by atoms with Crippen LogP contribution in [0.3, 0.4) is 0 Å². The van der Waals surface area contributed by atoms with Gasteiger partial charge < -0.3 is 4.52 Å². The summed E-state index contributed by atoms with van der Waals surface area (Å²) in [4.78, 5) is 16.4. The van der Waals surface area contributed by atoms with E-state index in [0.717, 1.165) is 34.4 Å². The van der Waals surface area contributed by atoms with Crippen molar-refractivity contribution in [3.8, 4) is 11.4 Å². The molecule has 0 saturated carbocycles. The minimum atomic E-state index is -3.81. The van der Waals surface area contributed by atoms with Crippen LogP contribution in [0.25, 0.3) is 21.6 Å². The van der Waals surface area contributed by atoms with Gasteiger partial charge >= 0.3 is 4.87 Å². The minimum Gasteiger partial charge on any atom is -0.338 e. The van der Waals surface area contributed by atoms with E-state index in [1.54, 1.807) is 10.6 Å². The predicted molar refractivity (Wildman–Crippen MR) is 115 cm³/mol. The van der Waals surface area contributed by atoms with Crippen LogP contribution in [0.2, 0.25) is 0 Å². The average Bonchev–Trinajstić information content (AvgIpc) is 3.31. The van der Waals surface area contributed by atoms with Crippen molar-refractivity contribution in [1.82, 2.24) is 19.4 Å². The van der Waals surface area contributed by atoms with Crippen molar-refractivity contribution in [3.05, 3.63) is 63.6 Å². The highest BCUT2D eigenvalue weighted by Gasteiger charge is 2.18. The highest BCUT2D eigenvalue weighted by Crippen LogP contribution is 2.23. The van der Waals surface area contributed by atoms with Gasteiger partial charge in [0.15, 0.2) is 0 Å². The third kappa shape index (κ3) is 3.93. The Hall–Kier alpha value is -2.82. The van der Waals surface area contributed by atoms with Crippen LogP contribution in [0.4, 0.5) is 0 Å². The van der Waals surface area contributed by atoms with Gasteiger partial charge in [-0.1, -0.05) is 47.7 Å². The maximum Gasteiger partial charge on any atom is 0.308 e. The highest BCUT2D eigenvalue weighted by molar-refractivity contribution is 7.89. The lowest BCUT2D eigenvalue weighted by Gasteiger charge is -2.06. The molecule has 0 radical (unpaired) electrons. The first-order valence-corrected chi connectivity index (χ1v) is 11.7. The molecule has 0 aliphatic carbocycles. The number of sulfonamides is 1. The topological polar surface area (TPSA) is 107 Å². The zero-order valence-corrected chi connectivity index (χ0v) is 18.1. The molecule has 0 atom stereocenters. The van der Waals surface area contributed by atoms with Crippen LogP contribution in [0.1, 0.15) is 24.8 Å². The fraction of sp³-hybridized carbons (Fsp3) is 0.250. The van der Waals surface area contributed by atoms with Crippen LogP contribution in [0, 0.1) is 6.92 Å². The zero-order valence-electron chi connectivity index (χ0n) is 16.5. The summed E-state index contributed by atoms with van der Waals surface area (Å²) < 4.78 is 35.4. The molecule has 2 aromatic carbocycles. The molecule has 1 N–H and O–H groups in total. The Labute approximate surface area is 177 Å². The Morgan fingerprint density at radius 2 is 2.00 bits per heavy atom. The summed E-state index contributed by atoms with van der Waals surface area (Å²) in [6.07, 6.45) is 0.821. The van der Waals surface area contributed by atoms with Crippen molar-refractivity contribution in [2.75, 3.05) is 0 Å². The van der Waals surface area contributed by atoms with Gasteiger partial charge in [-0.3, -0.25) is 9.36 Å². The zero-order chi connectivity index (χ0) is 21.3. The highest BCUT2D eigenvalue weighted by atomic mass is 32.2. The fourth-order valence-corrected chi connectivity index (χ4v) is 5.18. The van der Waals surface area contributed by atoms with Gasteiger partial charge in [0, 0.05) is 12.1 Å². The summed E-state index contributed by atoms with van der Waals surface area (Å²) in [5, 5.41) is 3.93. The van der Waals surface area contributed by atoms with Gasteiger partial charge in [-0.2, -0.15) is 4.98 Å². The van der Waals surface area contributed by atoms with E-state index in [1.165, 1.54) is 12.1 Å². The Balaban J connectivity index is 1.54. The van der Waals surface area contributed by atoms with E-state index in [-0.39, 0.29) is 22.2 Å². The predicted octanol–water partition coefficient (Wildman–Crippen LogP) is 3.31. The van der Waals surface area contributed by atoms with Gasteiger partial charge in [0.2, 0.25) is 21.7 Å². The molecule has 0 aliphatic heterocycles. The summed E-state index contributed by atoms with van der Waals surface area (Å²) in [5.41, 5.74) is 2.56. The van der Waals surface area contributed by atoms with Gasteiger partial charge in [-0.15, -0.1) is 0 Å². The Morgan fingerprint density at radius 1 is 1.20 bits per heavy atom. The first-order chi connectivity index (χ1) is 14.4. The summed E-state index contributed by atoms with van der Waals surface area (Å²) in [6.45, 7) is 4.39. The Morgan fingerprint density at radius 3 is 2.77 bits per heavy atom. The van der Waals surface area contributed by atoms with E-state index in [2.05, 4.69) is 14.9 Å². The van der Waals surface area contributed by atoms with Crippen LogP contribution in [-0.2, 0) is 23.1 Å². The molecule has 0 amide bonds. The number of thiazole rings is 1. The number of rotatable bonds is 7. The second kappa shape index (κ2) is 8.13. The van der Waals surface area contributed by atoms with Gasteiger partial charge in [-0.25, -0.2) is 13.1 Å². The normalized spacial score (nSPS) is 11.9. The van der Waals surface area contributed by atoms with Crippen LogP contribution in [0.5, 0.6) is 0 Å². The summed E-state index contributed by atoms with van der Waals surface area (Å²) in [5.74, 6) is 0.572. The van der Waals surface area contributed by atoms with Crippen molar-refractivity contribution < 1.29 is 12.9 Å². The van der Waals surface area contributed by atoms with Crippen molar-refractivity contribution in [2.45, 2.75) is 38.3 Å². The molecule has 0 aliphatic rings. The van der Waals surface area contributed by atoms with E-state index >= 15 is 0 Å². The van der Waals surface area contributed by atoms with Crippen LogP contribution in [-0.4, -0.2) is 23.1 Å². The molecule has 4 rings (SSSR count). The van der Waals surface area contributed by atoms with Gasteiger partial charge in [0.25, 0.3) is 0 Å². The molecule has 0 fully saturated rings. The fourth-order valence-electron chi connectivity index (χ4n) is 3.15. The molecule has 2 heterocycles. The third-order valence-corrected chi connectivity index (χ3v) is 7.01. The smallest absolute Gasteiger partial charge is 0.308 e. The number of benzene rings is 2. The number of hydrogen-bond acceptors (Lipinski definition) is 7. The third-order valence-electron chi connectivity index (χ3n) is 4.66. The van der Waals surface area contributed by atoms with E-state index < -0.39 is 10.0 Å². The van der Waals surface area contributed by atoms with Crippen molar-refractivity contribution in [3.63, 3.8) is 0 Å². The molecule has 8 nitrogen and oxygen atoms in total. The summed E-state index contributed by atoms with van der Waals surface area (Å²) in [6, 6.07) is 12.3. The number of fused-ring (bicyclic) bond motifs is 1. The van der Waals surface area contributed by atoms with Gasteiger partial charge in [-0.05, 0) is 37.1 Å². The SMILES string of the molecule is CCCn1c(=O)sc2cc(S(=O)(=O)NCc3nc(-c4ccccc4C)no3)ccc21. The van der Waals surface area contributed by atoms with Crippen molar-refractivity contribution in [2.24, 2.45) is 0 Å². The van der Waals surface area contributed by atoms with Crippen LogP contribution < -0.4 is 9.60 Å². The number of aryl methyl sites for hydroxylation is 2. The number of nitrogens with zero attached hydrogens (tertiary/aromatic N) is 3. The Bertz CT molecular complexity index is 1370. The monoisotopic (exact) mass is 444 g/mol. The number of nitrogens with one attached hydrogen (secondary N) is 1. The van der Waals surface area contributed by atoms with E-state index in [9.17, 15) is 13.2 Å². The molecule has 30 heavy (non-hydrogen) atoms. The first kappa shape index (κ1) is 20.5. The quantitative estimate of drug-likeness (QED) is 0.469. The minimum absolute atomic E-state index is 0.0820. The van der Waals surface area contributed by atoms with E-state index in [4.69, 9.17) is 4.52 Å². The van der Waals surface area contributed by atoms with Gasteiger partial charge in [0.1, 0.15) is 0 Å². The molecule has 0 spiro atoms. The Kier molecular flexibility index (Phi) is 5.54. The second-order valence-electron chi connectivity index (χ2n) is 6.80. The number of aromatic nitrogens is 3. The molecule has 0 bridgehead atoms. The average molecular weight is 445 g/mol.